The Morgan fingerprint density at radius 3 is 2.86 bits per heavy atom. The van der Waals surface area contributed by atoms with Crippen LogP contribution in [0.3, 0.4) is 0 Å². The van der Waals surface area contributed by atoms with Crippen LogP contribution in [0.15, 0.2) is 6.07 Å². The molecule has 1 N–H and O–H groups in total. The smallest absolute Gasteiger partial charge is 0.345 e. The van der Waals surface area contributed by atoms with Gasteiger partial charge in [0.15, 0.2) is 0 Å². The summed E-state index contributed by atoms with van der Waals surface area (Å²) in [6.07, 6.45) is 0.981. The molecule has 78 valence electrons. The zero-order valence-electron chi connectivity index (χ0n) is 8.37. The van der Waals surface area contributed by atoms with Gasteiger partial charge in [0.05, 0.1) is 6.61 Å². The summed E-state index contributed by atoms with van der Waals surface area (Å²) in [6, 6.07) is 1.69. The van der Waals surface area contributed by atoms with Crippen molar-refractivity contribution in [1.29, 1.82) is 0 Å². The summed E-state index contributed by atoms with van der Waals surface area (Å²) in [6.45, 7) is 5.20. The first-order valence-corrected chi connectivity index (χ1v) is 5.37. The normalized spacial score (nSPS) is 10.4. The van der Waals surface area contributed by atoms with E-state index < -0.39 is 5.97 Å². The van der Waals surface area contributed by atoms with Gasteiger partial charge in [0.1, 0.15) is 4.88 Å². The lowest BCUT2D eigenvalue weighted by atomic mass is 10.2. The lowest BCUT2D eigenvalue weighted by Gasteiger charge is -2.00. The summed E-state index contributed by atoms with van der Waals surface area (Å²) in [5.41, 5.74) is 0.987. The monoisotopic (exact) mass is 214 g/mol. The minimum atomic E-state index is -0.861. The van der Waals surface area contributed by atoms with E-state index in [2.05, 4.69) is 0 Å². The second kappa shape index (κ2) is 5.12. The third-order valence-electron chi connectivity index (χ3n) is 1.84. The molecule has 0 fully saturated rings. The van der Waals surface area contributed by atoms with Gasteiger partial charge in [-0.25, -0.2) is 4.79 Å². The molecular formula is C10H14O3S. The fourth-order valence-corrected chi connectivity index (χ4v) is 1.96. The Labute approximate surface area is 87.3 Å². The minimum Gasteiger partial charge on any atom is -0.477 e. The van der Waals surface area contributed by atoms with Crippen molar-refractivity contribution in [3.05, 3.63) is 21.4 Å². The molecule has 0 aliphatic rings. The highest BCUT2D eigenvalue weighted by molar-refractivity contribution is 7.14. The van der Waals surface area contributed by atoms with Crippen LogP contribution in [0.2, 0.25) is 0 Å². The molecule has 0 radical (unpaired) electrons. The number of carbonyl (C=O) groups is 1. The topological polar surface area (TPSA) is 46.5 Å². The van der Waals surface area contributed by atoms with Gasteiger partial charge >= 0.3 is 5.97 Å². The molecule has 0 saturated heterocycles. The number of thiophene rings is 1. The number of hydrogen-bond acceptors (Lipinski definition) is 3. The summed E-state index contributed by atoms with van der Waals surface area (Å²) in [5.74, 6) is -0.861. The van der Waals surface area contributed by atoms with E-state index in [9.17, 15) is 4.79 Å². The maximum Gasteiger partial charge on any atom is 0.345 e. The lowest BCUT2D eigenvalue weighted by molar-refractivity contribution is 0.0702. The second-order valence-corrected chi connectivity index (χ2v) is 4.31. The molecule has 0 atom stereocenters. The number of hydrogen-bond donors (Lipinski definition) is 1. The highest BCUT2D eigenvalue weighted by Crippen LogP contribution is 2.22. The molecule has 0 amide bonds. The van der Waals surface area contributed by atoms with Gasteiger partial charge in [-0.1, -0.05) is 6.92 Å². The number of rotatable bonds is 5. The molecule has 0 aliphatic heterocycles. The molecule has 0 saturated carbocycles. The molecule has 0 bridgehead atoms. The van der Waals surface area contributed by atoms with Crippen LogP contribution < -0.4 is 0 Å². The number of aryl methyl sites for hydroxylation is 1. The van der Waals surface area contributed by atoms with E-state index in [0.29, 0.717) is 11.5 Å². The van der Waals surface area contributed by atoms with E-state index in [-0.39, 0.29) is 0 Å². The Morgan fingerprint density at radius 2 is 2.36 bits per heavy atom. The standard InChI is InChI=1S/C10H14O3S/c1-3-4-13-6-8-5-9(10(11)12)14-7(8)2/h5H,3-4,6H2,1-2H3,(H,11,12). The van der Waals surface area contributed by atoms with Gasteiger partial charge < -0.3 is 9.84 Å². The molecule has 0 spiro atoms. The van der Waals surface area contributed by atoms with E-state index in [1.54, 1.807) is 6.07 Å². The first-order valence-electron chi connectivity index (χ1n) is 4.55. The van der Waals surface area contributed by atoms with Crippen LogP contribution in [0.1, 0.15) is 33.5 Å². The van der Waals surface area contributed by atoms with Gasteiger partial charge in [-0.3, -0.25) is 0 Å². The molecule has 0 unspecified atom stereocenters. The SMILES string of the molecule is CCCOCc1cc(C(=O)O)sc1C. The number of carboxylic acids is 1. The van der Waals surface area contributed by atoms with Crippen molar-refractivity contribution in [2.24, 2.45) is 0 Å². The summed E-state index contributed by atoms with van der Waals surface area (Å²) < 4.78 is 5.36. The second-order valence-electron chi connectivity index (χ2n) is 3.05. The van der Waals surface area contributed by atoms with Gasteiger partial charge in [-0.15, -0.1) is 11.3 Å². The summed E-state index contributed by atoms with van der Waals surface area (Å²) in [4.78, 5) is 12.1. The highest BCUT2D eigenvalue weighted by atomic mass is 32.1. The fourth-order valence-electron chi connectivity index (χ4n) is 1.09. The van der Waals surface area contributed by atoms with Gasteiger partial charge in [-0.05, 0) is 25.0 Å². The van der Waals surface area contributed by atoms with E-state index in [0.717, 1.165) is 23.5 Å². The zero-order valence-corrected chi connectivity index (χ0v) is 9.19. The van der Waals surface area contributed by atoms with Crippen molar-refractivity contribution >= 4 is 17.3 Å². The Balaban J connectivity index is 2.63. The number of aromatic carboxylic acids is 1. The minimum absolute atomic E-state index is 0.387. The number of carboxylic acid groups (broad SMARTS) is 1. The molecule has 1 heterocycles. The predicted octanol–water partition coefficient (Wildman–Crippen LogP) is 2.68. The molecular weight excluding hydrogens is 200 g/mol. The van der Waals surface area contributed by atoms with Crippen molar-refractivity contribution in [2.45, 2.75) is 26.9 Å². The Kier molecular flexibility index (Phi) is 4.10. The summed E-state index contributed by atoms with van der Waals surface area (Å²) >= 11 is 1.30. The first-order chi connectivity index (χ1) is 6.65. The van der Waals surface area contributed by atoms with E-state index >= 15 is 0 Å². The van der Waals surface area contributed by atoms with E-state index in [4.69, 9.17) is 9.84 Å². The molecule has 4 heteroatoms. The van der Waals surface area contributed by atoms with Crippen LogP contribution in [-0.2, 0) is 11.3 Å². The summed E-state index contributed by atoms with van der Waals surface area (Å²) in [5, 5.41) is 8.76. The van der Waals surface area contributed by atoms with Crippen LogP contribution in [0, 0.1) is 6.92 Å². The van der Waals surface area contributed by atoms with Crippen molar-refractivity contribution in [2.75, 3.05) is 6.61 Å². The molecule has 3 nitrogen and oxygen atoms in total. The van der Waals surface area contributed by atoms with E-state index in [1.165, 1.54) is 11.3 Å². The molecule has 1 aromatic heterocycles. The third-order valence-corrected chi connectivity index (χ3v) is 2.92. The molecule has 1 aromatic rings. The van der Waals surface area contributed by atoms with Gasteiger partial charge in [0.2, 0.25) is 0 Å². The Hall–Kier alpha value is -0.870. The largest absolute Gasteiger partial charge is 0.477 e. The van der Waals surface area contributed by atoms with Crippen LogP contribution in [0.5, 0.6) is 0 Å². The summed E-state index contributed by atoms with van der Waals surface area (Å²) in [7, 11) is 0. The Bertz CT molecular complexity index is 317. The predicted molar refractivity (Wildman–Crippen MR) is 56.0 cm³/mol. The molecule has 0 aromatic carbocycles. The maximum atomic E-state index is 10.7. The van der Waals surface area contributed by atoms with Crippen LogP contribution >= 0.6 is 11.3 Å². The molecule has 1 rings (SSSR count). The molecule has 14 heavy (non-hydrogen) atoms. The average Bonchev–Trinajstić information content (AvgIpc) is 2.49. The number of ether oxygens (including phenoxy) is 1. The fraction of sp³-hybridized carbons (Fsp3) is 0.500. The third kappa shape index (κ3) is 2.82. The molecule has 0 aliphatic carbocycles. The van der Waals surface area contributed by atoms with Crippen molar-refractivity contribution in [1.82, 2.24) is 0 Å². The Morgan fingerprint density at radius 1 is 1.64 bits per heavy atom. The quantitative estimate of drug-likeness (QED) is 0.766. The van der Waals surface area contributed by atoms with Crippen molar-refractivity contribution in [3.8, 4) is 0 Å². The van der Waals surface area contributed by atoms with Gasteiger partial charge in [-0.2, -0.15) is 0 Å². The van der Waals surface area contributed by atoms with Crippen LogP contribution in [-0.4, -0.2) is 17.7 Å². The van der Waals surface area contributed by atoms with Gasteiger partial charge in [0, 0.05) is 11.5 Å². The van der Waals surface area contributed by atoms with Crippen LogP contribution in [0.25, 0.3) is 0 Å². The van der Waals surface area contributed by atoms with Crippen LogP contribution in [0.4, 0.5) is 0 Å². The highest BCUT2D eigenvalue weighted by Gasteiger charge is 2.10. The first kappa shape index (κ1) is 11.2. The van der Waals surface area contributed by atoms with Gasteiger partial charge in [0.25, 0.3) is 0 Å². The van der Waals surface area contributed by atoms with Crippen molar-refractivity contribution in [3.63, 3.8) is 0 Å². The zero-order chi connectivity index (χ0) is 10.6. The van der Waals surface area contributed by atoms with E-state index in [1.807, 2.05) is 13.8 Å². The maximum absolute atomic E-state index is 10.7. The average molecular weight is 214 g/mol. The van der Waals surface area contributed by atoms with Crippen molar-refractivity contribution < 1.29 is 14.6 Å². The lowest BCUT2D eigenvalue weighted by Crippen LogP contribution is -1.94.